The van der Waals surface area contributed by atoms with Crippen molar-refractivity contribution in [1.82, 2.24) is 5.01 Å². The smallest absolute Gasteiger partial charge is 0.168 e. The molecule has 7 nitrogen and oxygen atoms in total. The normalized spacial score (nSPS) is 26.0. The number of hydrazine groups is 1. The zero-order valence-corrected chi connectivity index (χ0v) is 17.7. The van der Waals surface area contributed by atoms with E-state index in [2.05, 4.69) is 16.7 Å². The summed E-state index contributed by atoms with van der Waals surface area (Å²) in [4.78, 5) is 4.38. The van der Waals surface area contributed by atoms with Gasteiger partial charge in [-0.1, -0.05) is 6.92 Å². The van der Waals surface area contributed by atoms with E-state index in [0.29, 0.717) is 56.4 Å². The zero-order valence-electron chi connectivity index (χ0n) is 17.7. The third kappa shape index (κ3) is 3.91. The highest BCUT2D eigenvalue weighted by Gasteiger charge is 2.40. The van der Waals surface area contributed by atoms with Crippen LogP contribution in [0.15, 0.2) is 6.07 Å². The topological polar surface area (TPSA) is 80.2 Å². The molecule has 2 fully saturated rings. The van der Waals surface area contributed by atoms with Crippen molar-refractivity contribution in [3.8, 4) is 5.75 Å². The molecule has 1 aliphatic carbocycles. The molecule has 1 saturated carbocycles. The maximum absolute atomic E-state index is 15.4. The minimum Gasteiger partial charge on any atom is -0.492 e. The summed E-state index contributed by atoms with van der Waals surface area (Å²) in [5.74, 6) is 7.09. The van der Waals surface area contributed by atoms with E-state index in [1.165, 1.54) is 0 Å². The summed E-state index contributed by atoms with van der Waals surface area (Å²) in [6.07, 6.45) is 2.27. The Morgan fingerprint density at radius 3 is 2.69 bits per heavy atom. The number of rotatable bonds is 7. The van der Waals surface area contributed by atoms with Crippen molar-refractivity contribution in [1.29, 1.82) is 0 Å². The number of hydrogen-bond acceptors (Lipinski definition) is 7. The van der Waals surface area contributed by atoms with Gasteiger partial charge in [0.05, 0.1) is 26.1 Å². The van der Waals surface area contributed by atoms with Crippen LogP contribution in [0.4, 0.5) is 15.8 Å². The number of halogens is 1. The van der Waals surface area contributed by atoms with Crippen LogP contribution in [0.2, 0.25) is 0 Å². The predicted octanol–water partition coefficient (Wildman–Crippen LogP) is 1.89. The van der Waals surface area contributed by atoms with Gasteiger partial charge in [0.25, 0.3) is 0 Å². The molecule has 2 aliphatic heterocycles. The molecule has 29 heavy (non-hydrogen) atoms. The molecular formula is C21H34FN5O2. The highest BCUT2D eigenvalue weighted by atomic mass is 19.1. The Kier molecular flexibility index (Phi) is 5.88. The lowest BCUT2D eigenvalue weighted by Crippen LogP contribution is -2.47. The first-order valence-corrected chi connectivity index (χ1v) is 10.7. The van der Waals surface area contributed by atoms with E-state index in [9.17, 15) is 0 Å². The Morgan fingerprint density at radius 1 is 1.28 bits per heavy atom. The lowest BCUT2D eigenvalue weighted by molar-refractivity contribution is 0.113. The number of ether oxygens (including phenoxy) is 2. The van der Waals surface area contributed by atoms with Gasteiger partial charge in [0.15, 0.2) is 11.6 Å². The van der Waals surface area contributed by atoms with Crippen molar-refractivity contribution in [3.63, 3.8) is 0 Å². The van der Waals surface area contributed by atoms with E-state index in [-0.39, 0.29) is 17.8 Å². The molecule has 0 unspecified atom stereocenters. The van der Waals surface area contributed by atoms with Gasteiger partial charge in [-0.05, 0) is 43.2 Å². The third-order valence-corrected chi connectivity index (χ3v) is 6.50. The van der Waals surface area contributed by atoms with Gasteiger partial charge < -0.3 is 25.0 Å². The van der Waals surface area contributed by atoms with Crippen molar-refractivity contribution in [2.45, 2.75) is 45.3 Å². The van der Waals surface area contributed by atoms with E-state index in [0.717, 1.165) is 30.6 Å². The van der Waals surface area contributed by atoms with Crippen LogP contribution in [0.1, 0.15) is 32.3 Å². The van der Waals surface area contributed by atoms with E-state index in [1.54, 1.807) is 18.2 Å². The van der Waals surface area contributed by atoms with Gasteiger partial charge in [0.2, 0.25) is 0 Å². The summed E-state index contributed by atoms with van der Waals surface area (Å²) in [5, 5.41) is 1.74. The van der Waals surface area contributed by atoms with E-state index in [1.807, 2.05) is 6.92 Å². The standard InChI is InChI=1S/C21H34FN5O2/c1-4-29-11-18(23)16-10-25(8-13(16)2)20-17(22)7-14-9-26(24)12-27(15-5-6-15)19(14)21(20)28-3/h7,13,15-16,18H,4-6,8-12,23-24H2,1-3H3/t13-,16-,18+/m0/s1. The third-order valence-electron chi connectivity index (χ3n) is 6.50. The van der Waals surface area contributed by atoms with Gasteiger partial charge in [0.1, 0.15) is 5.69 Å². The van der Waals surface area contributed by atoms with Crippen LogP contribution in [0.3, 0.4) is 0 Å². The van der Waals surface area contributed by atoms with Gasteiger partial charge in [-0.3, -0.25) is 5.84 Å². The van der Waals surface area contributed by atoms with Crippen LogP contribution in [0.5, 0.6) is 5.75 Å². The first kappa shape index (κ1) is 20.7. The fraction of sp³-hybridized carbons (Fsp3) is 0.714. The second-order valence-electron chi connectivity index (χ2n) is 8.71. The molecule has 3 atom stereocenters. The van der Waals surface area contributed by atoms with Gasteiger partial charge in [-0.2, -0.15) is 0 Å². The van der Waals surface area contributed by atoms with Gasteiger partial charge >= 0.3 is 0 Å². The molecule has 1 saturated heterocycles. The van der Waals surface area contributed by atoms with Gasteiger partial charge in [-0.15, -0.1) is 0 Å². The molecule has 8 heteroatoms. The summed E-state index contributed by atoms with van der Waals surface area (Å²) < 4.78 is 26.7. The SMILES string of the molecule is CCOC[C@@H](N)[C@H]1CN(c2c(F)cc3c(c2OC)N(C2CC2)CN(N)C3)C[C@@H]1C. The predicted molar refractivity (Wildman–Crippen MR) is 112 cm³/mol. The van der Waals surface area contributed by atoms with E-state index < -0.39 is 0 Å². The molecule has 162 valence electrons. The molecule has 4 N–H and O–H groups in total. The van der Waals surface area contributed by atoms with Crippen LogP contribution >= 0.6 is 0 Å². The van der Waals surface area contributed by atoms with Crippen LogP contribution in [0.25, 0.3) is 0 Å². The number of nitrogens with zero attached hydrogens (tertiary/aromatic N) is 3. The molecule has 4 rings (SSSR count). The Bertz CT molecular complexity index is 744. The highest BCUT2D eigenvalue weighted by molar-refractivity contribution is 5.78. The molecule has 3 aliphatic rings. The fourth-order valence-corrected chi connectivity index (χ4v) is 4.91. The van der Waals surface area contributed by atoms with Crippen LogP contribution < -0.4 is 26.1 Å². The fourth-order valence-electron chi connectivity index (χ4n) is 4.91. The van der Waals surface area contributed by atoms with Crippen molar-refractivity contribution < 1.29 is 13.9 Å². The molecular weight excluding hydrogens is 373 g/mol. The monoisotopic (exact) mass is 407 g/mol. The minimum absolute atomic E-state index is 0.0598. The molecule has 0 bridgehead atoms. The number of methoxy groups -OCH3 is 1. The van der Waals surface area contributed by atoms with Crippen molar-refractivity contribution in [2.24, 2.45) is 23.4 Å². The first-order chi connectivity index (χ1) is 13.9. The summed E-state index contributed by atoms with van der Waals surface area (Å²) in [6, 6.07) is 2.03. The number of nitrogens with two attached hydrogens (primary N) is 2. The first-order valence-electron chi connectivity index (χ1n) is 10.7. The summed E-state index contributed by atoms with van der Waals surface area (Å²) >= 11 is 0. The average molecular weight is 408 g/mol. The van der Waals surface area contributed by atoms with Crippen molar-refractivity contribution >= 4 is 11.4 Å². The molecule has 0 aromatic heterocycles. The summed E-state index contributed by atoms with van der Waals surface area (Å²) in [6.45, 7) is 7.95. The summed E-state index contributed by atoms with van der Waals surface area (Å²) in [7, 11) is 1.64. The molecule has 0 amide bonds. The summed E-state index contributed by atoms with van der Waals surface area (Å²) in [5.41, 5.74) is 8.84. The Morgan fingerprint density at radius 2 is 2.03 bits per heavy atom. The Labute approximate surface area is 172 Å². The van der Waals surface area contributed by atoms with Gasteiger partial charge in [0, 0.05) is 38.3 Å². The maximum Gasteiger partial charge on any atom is 0.168 e. The quantitative estimate of drug-likeness (QED) is 0.668. The van der Waals surface area contributed by atoms with Crippen LogP contribution in [0, 0.1) is 17.7 Å². The van der Waals surface area contributed by atoms with Gasteiger partial charge in [-0.25, -0.2) is 9.40 Å². The largest absolute Gasteiger partial charge is 0.492 e. The molecule has 1 aromatic rings. The number of hydrogen-bond donors (Lipinski definition) is 2. The number of anilines is 2. The van der Waals surface area contributed by atoms with E-state index in [4.69, 9.17) is 21.1 Å². The second-order valence-corrected chi connectivity index (χ2v) is 8.71. The molecule has 0 spiro atoms. The van der Waals surface area contributed by atoms with Crippen molar-refractivity contribution in [3.05, 3.63) is 17.4 Å². The Balaban J connectivity index is 1.67. The van der Waals surface area contributed by atoms with Crippen molar-refractivity contribution in [2.75, 3.05) is 49.9 Å². The molecule has 2 heterocycles. The van der Waals surface area contributed by atoms with Crippen LogP contribution in [-0.2, 0) is 11.3 Å². The second kappa shape index (κ2) is 8.26. The maximum atomic E-state index is 15.4. The lowest BCUT2D eigenvalue weighted by atomic mass is 9.91. The molecule has 1 aromatic carbocycles. The minimum atomic E-state index is -0.252. The zero-order chi connectivity index (χ0) is 20.7. The average Bonchev–Trinajstić information content (AvgIpc) is 3.46. The number of benzene rings is 1. The lowest BCUT2D eigenvalue weighted by Gasteiger charge is -2.38. The molecule has 0 radical (unpaired) electrons. The van der Waals surface area contributed by atoms with E-state index >= 15 is 4.39 Å². The van der Waals surface area contributed by atoms with Crippen LogP contribution in [-0.4, -0.2) is 57.2 Å². The highest BCUT2D eigenvalue weighted by Crippen LogP contribution is 2.49. The Hall–Kier alpha value is -1.61. The number of fused-ring (bicyclic) bond motifs is 1.